The fourth-order valence-corrected chi connectivity index (χ4v) is 1.68. The standard InChI is InChI=1S/C11H12O3/c1-7-6-8(12)11-9(13-2)4-3-5-10(11)14-7/h3-5,7H,6H2,1-2H3/t7-/m0/s1. The van der Waals surface area contributed by atoms with Gasteiger partial charge in [0, 0.05) is 6.42 Å². The highest BCUT2D eigenvalue weighted by molar-refractivity contribution is 6.02. The second-order valence-corrected chi connectivity index (χ2v) is 3.39. The molecule has 1 aromatic carbocycles. The van der Waals surface area contributed by atoms with E-state index >= 15 is 0 Å². The molecule has 0 spiro atoms. The third-order valence-corrected chi connectivity index (χ3v) is 2.29. The molecule has 1 aliphatic rings. The lowest BCUT2D eigenvalue weighted by Crippen LogP contribution is -2.24. The molecule has 0 N–H and O–H groups in total. The van der Waals surface area contributed by atoms with E-state index in [4.69, 9.17) is 9.47 Å². The van der Waals surface area contributed by atoms with Crippen molar-refractivity contribution >= 4 is 5.78 Å². The van der Waals surface area contributed by atoms with Crippen LogP contribution >= 0.6 is 0 Å². The number of fused-ring (bicyclic) bond motifs is 1. The predicted octanol–water partition coefficient (Wildman–Crippen LogP) is 2.05. The number of hydrogen-bond acceptors (Lipinski definition) is 3. The van der Waals surface area contributed by atoms with Gasteiger partial charge in [-0.3, -0.25) is 4.79 Å². The van der Waals surface area contributed by atoms with Crippen LogP contribution in [0, 0.1) is 0 Å². The molecule has 74 valence electrons. The van der Waals surface area contributed by atoms with Crippen molar-refractivity contribution in [2.24, 2.45) is 0 Å². The molecule has 0 aromatic heterocycles. The van der Waals surface area contributed by atoms with E-state index in [0.717, 1.165) is 0 Å². The zero-order valence-corrected chi connectivity index (χ0v) is 8.24. The summed E-state index contributed by atoms with van der Waals surface area (Å²) >= 11 is 0. The zero-order chi connectivity index (χ0) is 10.1. The molecular weight excluding hydrogens is 180 g/mol. The zero-order valence-electron chi connectivity index (χ0n) is 8.24. The third kappa shape index (κ3) is 1.35. The van der Waals surface area contributed by atoms with Crippen molar-refractivity contribution in [3.05, 3.63) is 23.8 Å². The molecule has 2 rings (SSSR count). The number of ether oxygens (including phenoxy) is 2. The second kappa shape index (κ2) is 3.33. The van der Waals surface area contributed by atoms with Crippen LogP contribution < -0.4 is 9.47 Å². The summed E-state index contributed by atoms with van der Waals surface area (Å²) < 4.78 is 10.7. The van der Waals surface area contributed by atoms with Gasteiger partial charge in [-0.05, 0) is 19.1 Å². The Morgan fingerprint density at radius 2 is 2.29 bits per heavy atom. The van der Waals surface area contributed by atoms with E-state index in [-0.39, 0.29) is 11.9 Å². The molecule has 0 aliphatic carbocycles. The van der Waals surface area contributed by atoms with Crippen molar-refractivity contribution in [1.82, 2.24) is 0 Å². The molecule has 1 heterocycles. The van der Waals surface area contributed by atoms with Crippen LogP contribution in [-0.2, 0) is 0 Å². The molecule has 0 bridgehead atoms. The van der Waals surface area contributed by atoms with E-state index in [1.54, 1.807) is 19.2 Å². The topological polar surface area (TPSA) is 35.5 Å². The van der Waals surface area contributed by atoms with Gasteiger partial charge in [0.1, 0.15) is 23.2 Å². The molecular formula is C11H12O3. The molecule has 1 aliphatic heterocycles. The van der Waals surface area contributed by atoms with Gasteiger partial charge in [-0.25, -0.2) is 0 Å². The summed E-state index contributed by atoms with van der Waals surface area (Å²) in [6.45, 7) is 1.89. The SMILES string of the molecule is COc1cccc2c1C(=O)C[C@H](C)O2. The smallest absolute Gasteiger partial charge is 0.174 e. The normalized spacial score (nSPS) is 19.9. The van der Waals surface area contributed by atoms with Crippen LogP contribution in [0.25, 0.3) is 0 Å². The van der Waals surface area contributed by atoms with Gasteiger partial charge in [-0.2, -0.15) is 0 Å². The van der Waals surface area contributed by atoms with Crippen LogP contribution in [0.4, 0.5) is 0 Å². The first-order valence-electron chi connectivity index (χ1n) is 4.59. The molecule has 0 radical (unpaired) electrons. The van der Waals surface area contributed by atoms with Crippen molar-refractivity contribution in [2.45, 2.75) is 19.4 Å². The maximum absolute atomic E-state index is 11.7. The van der Waals surface area contributed by atoms with E-state index in [0.29, 0.717) is 23.5 Å². The molecule has 1 aromatic rings. The highest BCUT2D eigenvalue weighted by Gasteiger charge is 2.26. The molecule has 3 nitrogen and oxygen atoms in total. The van der Waals surface area contributed by atoms with Crippen molar-refractivity contribution in [2.75, 3.05) is 7.11 Å². The average molecular weight is 192 g/mol. The first kappa shape index (κ1) is 9.06. The molecule has 0 amide bonds. The lowest BCUT2D eigenvalue weighted by molar-refractivity contribution is 0.0866. The summed E-state index contributed by atoms with van der Waals surface area (Å²) in [5, 5.41) is 0. The summed E-state index contributed by atoms with van der Waals surface area (Å²) in [4.78, 5) is 11.7. The molecule has 0 fully saturated rings. The van der Waals surface area contributed by atoms with E-state index < -0.39 is 0 Å². The van der Waals surface area contributed by atoms with Crippen LogP contribution in [0.5, 0.6) is 11.5 Å². The second-order valence-electron chi connectivity index (χ2n) is 3.39. The number of Topliss-reactive ketones (excluding diaryl/α,β-unsaturated/α-hetero) is 1. The minimum absolute atomic E-state index is 0.0397. The Bertz CT molecular complexity index is 371. The van der Waals surface area contributed by atoms with Gasteiger partial charge in [0.2, 0.25) is 0 Å². The van der Waals surface area contributed by atoms with Gasteiger partial charge in [-0.15, -0.1) is 0 Å². The predicted molar refractivity (Wildman–Crippen MR) is 52.0 cm³/mol. The van der Waals surface area contributed by atoms with Gasteiger partial charge in [-0.1, -0.05) is 6.07 Å². The Kier molecular flexibility index (Phi) is 2.15. The maximum Gasteiger partial charge on any atom is 0.174 e. The fourth-order valence-electron chi connectivity index (χ4n) is 1.68. The quantitative estimate of drug-likeness (QED) is 0.683. The van der Waals surface area contributed by atoms with Gasteiger partial charge in [0.15, 0.2) is 5.78 Å². The number of rotatable bonds is 1. The minimum Gasteiger partial charge on any atom is -0.496 e. The van der Waals surface area contributed by atoms with Crippen LogP contribution in [0.1, 0.15) is 23.7 Å². The Labute approximate surface area is 82.6 Å². The fraction of sp³-hybridized carbons (Fsp3) is 0.364. The third-order valence-electron chi connectivity index (χ3n) is 2.29. The van der Waals surface area contributed by atoms with Crippen molar-refractivity contribution < 1.29 is 14.3 Å². The van der Waals surface area contributed by atoms with E-state index in [1.165, 1.54) is 0 Å². The molecule has 0 unspecified atom stereocenters. The number of carbonyl (C=O) groups excluding carboxylic acids is 1. The largest absolute Gasteiger partial charge is 0.496 e. The average Bonchev–Trinajstić information content (AvgIpc) is 2.16. The van der Waals surface area contributed by atoms with E-state index in [2.05, 4.69) is 0 Å². The Morgan fingerprint density at radius 3 is 3.00 bits per heavy atom. The molecule has 14 heavy (non-hydrogen) atoms. The van der Waals surface area contributed by atoms with Crippen molar-refractivity contribution in [1.29, 1.82) is 0 Å². The molecule has 0 saturated heterocycles. The van der Waals surface area contributed by atoms with Gasteiger partial charge in [0.05, 0.1) is 7.11 Å². The Hall–Kier alpha value is -1.51. The highest BCUT2D eigenvalue weighted by atomic mass is 16.5. The lowest BCUT2D eigenvalue weighted by atomic mass is 10.0. The van der Waals surface area contributed by atoms with Crippen LogP contribution in [0.2, 0.25) is 0 Å². The molecule has 3 heteroatoms. The molecule has 1 atom stereocenters. The lowest BCUT2D eigenvalue weighted by Gasteiger charge is -2.23. The first-order valence-corrected chi connectivity index (χ1v) is 4.59. The van der Waals surface area contributed by atoms with Crippen LogP contribution in [-0.4, -0.2) is 19.0 Å². The number of methoxy groups -OCH3 is 1. The maximum atomic E-state index is 11.7. The number of ketones is 1. The van der Waals surface area contributed by atoms with E-state index in [9.17, 15) is 4.79 Å². The highest BCUT2D eigenvalue weighted by Crippen LogP contribution is 2.34. The Morgan fingerprint density at radius 1 is 1.50 bits per heavy atom. The van der Waals surface area contributed by atoms with Gasteiger partial charge < -0.3 is 9.47 Å². The van der Waals surface area contributed by atoms with Crippen LogP contribution in [0.3, 0.4) is 0 Å². The number of benzene rings is 1. The number of carbonyl (C=O) groups is 1. The number of hydrogen-bond donors (Lipinski definition) is 0. The van der Waals surface area contributed by atoms with Crippen LogP contribution in [0.15, 0.2) is 18.2 Å². The minimum atomic E-state index is -0.0397. The summed E-state index contributed by atoms with van der Waals surface area (Å²) in [5.74, 6) is 1.32. The summed E-state index contributed by atoms with van der Waals surface area (Å²) in [6.07, 6.45) is 0.384. The van der Waals surface area contributed by atoms with Crippen molar-refractivity contribution in [3.63, 3.8) is 0 Å². The summed E-state index contributed by atoms with van der Waals surface area (Å²) in [5.41, 5.74) is 0.577. The summed E-state index contributed by atoms with van der Waals surface area (Å²) in [6, 6.07) is 5.39. The monoisotopic (exact) mass is 192 g/mol. The van der Waals surface area contributed by atoms with Crippen molar-refractivity contribution in [3.8, 4) is 11.5 Å². The Balaban J connectivity index is 2.53. The van der Waals surface area contributed by atoms with Gasteiger partial charge >= 0.3 is 0 Å². The first-order chi connectivity index (χ1) is 6.72. The molecule has 0 saturated carbocycles. The summed E-state index contributed by atoms with van der Waals surface area (Å²) in [7, 11) is 1.56. The van der Waals surface area contributed by atoms with Gasteiger partial charge in [0.25, 0.3) is 0 Å². The van der Waals surface area contributed by atoms with E-state index in [1.807, 2.05) is 13.0 Å².